The van der Waals surface area contributed by atoms with Gasteiger partial charge in [0.1, 0.15) is 3.70 Å². The number of carbonyl (C=O) groups excluding carboxylic acids is 1. The maximum atomic E-state index is 11.7. The van der Waals surface area contributed by atoms with Gasteiger partial charge in [0.15, 0.2) is 29.0 Å². The van der Waals surface area contributed by atoms with Gasteiger partial charge in [-0.1, -0.05) is 15.9 Å². The van der Waals surface area contributed by atoms with E-state index in [1.165, 1.54) is 14.2 Å². The van der Waals surface area contributed by atoms with E-state index in [0.717, 1.165) is 0 Å². The highest BCUT2D eigenvalue weighted by Crippen LogP contribution is 2.36. The van der Waals surface area contributed by atoms with Gasteiger partial charge in [-0.2, -0.15) is 0 Å². The zero-order chi connectivity index (χ0) is 15.8. The van der Waals surface area contributed by atoms with Crippen LogP contribution in [0.15, 0.2) is 10.7 Å². The molecule has 0 N–H and O–H groups in total. The Balaban J connectivity index is 3.05. The molecular formula is C12H14Br2INO5. The second-order valence-electron chi connectivity index (χ2n) is 3.72. The molecule has 1 aromatic heterocycles. The third-order valence-electron chi connectivity index (χ3n) is 2.29. The number of esters is 1. The minimum atomic E-state index is -0.732. The van der Waals surface area contributed by atoms with E-state index in [4.69, 9.17) is 18.9 Å². The molecule has 0 saturated heterocycles. The van der Waals surface area contributed by atoms with Crippen molar-refractivity contribution in [2.45, 2.75) is 12.5 Å². The molecule has 0 aliphatic carbocycles. The number of carbonyl (C=O) groups is 1. The van der Waals surface area contributed by atoms with Crippen LogP contribution in [-0.2, 0) is 14.3 Å². The van der Waals surface area contributed by atoms with Crippen LogP contribution >= 0.6 is 54.5 Å². The Morgan fingerprint density at radius 1 is 1.48 bits per heavy atom. The Labute approximate surface area is 153 Å². The predicted molar refractivity (Wildman–Crippen MR) is 92.0 cm³/mol. The summed E-state index contributed by atoms with van der Waals surface area (Å²) < 4.78 is 22.0. The molecule has 0 bridgehead atoms. The molecule has 118 valence electrons. The summed E-state index contributed by atoms with van der Waals surface area (Å²) in [6, 6.07) is 1.68. The van der Waals surface area contributed by atoms with Crippen LogP contribution in [0.1, 0.15) is 6.42 Å². The lowest BCUT2D eigenvalue weighted by Gasteiger charge is -2.19. The van der Waals surface area contributed by atoms with Crippen molar-refractivity contribution in [3.8, 4) is 11.5 Å². The Morgan fingerprint density at radius 2 is 2.19 bits per heavy atom. The third-order valence-corrected chi connectivity index (χ3v) is 3.84. The monoisotopic (exact) mass is 537 g/mol. The Morgan fingerprint density at radius 3 is 2.76 bits per heavy atom. The number of hydrogen-bond acceptors (Lipinski definition) is 6. The molecule has 0 radical (unpaired) electrons. The molecule has 21 heavy (non-hydrogen) atoms. The van der Waals surface area contributed by atoms with Crippen LogP contribution < -0.4 is 9.47 Å². The van der Waals surface area contributed by atoms with Gasteiger partial charge >= 0.3 is 5.97 Å². The number of rotatable bonds is 8. The first-order valence-electron chi connectivity index (χ1n) is 5.81. The highest BCUT2D eigenvalue weighted by molar-refractivity contribution is 14.1. The van der Waals surface area contributed by atoms with Crippen LogP contribution in [-0.4, -0.2) is 43.4 Å². The first-order valence-corrected chi connectivity index (χ1v) is 8.81. The van der Waals surface area contributed by atoms with Gasteiger partial charge in [0, 0.05) is 24.9 Å². The fourth-order valence-electron chi connectivity index (χ4n) is 1.40. The minimum absolute atomic E-state index is 0.0402. The van der Waals surface area contributed by atoms with Crippen LogP contribution in [0.4, 0.5) is 0 Å². The quantitative estimate of drug-likeness (QED) is 0.167. The van der Waals surface area contributed by atoms with Gasteiger partial charge in [-0.3, -0.25) is 0 Å². The van der Waals surface area contributed by atoms with Gasteiger partial charge < -0.3 is 18.9 Å². The largest absolute Gasteiger partial charge is 0.475 e. The molecule has 0 amide bonds. The summed E-state index contributed by atoms with van der Waals surface area (Å²) in [6.07, 6.45) is -0.267. The van der Waals surface area contributed by atoms with Gasteiger partial charge in [-0.15, -0.1) is 0 Å². The van der Waals surface area contributed by atoms with Gasteiger partial charge in [-0.05, 0) is 38.5 Å². The molecule has 1 unspecified atom stereocenters. The van der Waals surface area contributed by atoms with Crippen LogP contribution in [0.25, 0.3) is 0 Å². The fourth-order valence-corrected chi connectivity index (χ4v) is 3.17. The number of nitrogens with zero attached hydrogens (tertiary/aromatic N) is 1. The second-order valence-corrected chi connectivity index (χ2v) is 6.37. The van der Waals surface area contributed by atoms with E-state index >= 15 is 0 Å². The van der Waals surface area contributed by atoms with Crippen molar-refractivity contribution in [3.05, 3.63) is 14.4 Å². The Hall–Kier alpha value is -0.130. The van der Waals surface area contributed by atoms with E-state index < -0.39 is 12.1 Å². The summed E-state index contributed by atoms with van der Waals surface area (Å²) in [6.45, 7) is 0.0402. The summed E-state index contributed by atoms with van der Waals surface area (Å²) in [5, 5.41) is 0.602. The molecule has 6 nitrogen and oxygen atoms in total. The molecule has 0 fully saturated rings. The van der Waals surface area contributed by atoms with Gasteiger partial charge in [0.2, 0.25) is 0 Å². The molecule has 0 aromatic carbocycles. The van der Waals surface area contributed by atoms with E-state index in [1.807, 2.05) is 22.6 Å². The summed E-state index contributed by atoms with van der Waals surface area (Å²) in [5.41, 5.74) is 0. The van der Waals surface area contributed by atoms with Crippen LogP contribution in [0.2, 0.25) is 0 Å². The molecule has 0 aliphatic rings. The van der Waals surface area contributed by atoms with Crippen LogP contribution in [0.5, 0.6) is 11.5 Å². The Kier molecular flexibility index (Phi) is 8.83. The lowest BCUT2D eigenvalue weighted by molar-refractivity contribution is -0.148. The van der Waals surface area contributed by atoms with Gasteiger partial charge in [0.25, 0.3) is 0 Å². The van der Waals surface area contributed by atoms with Crippen molar-refractivity contribution in [1.29, 1.82) is 0 Å². The number of aromatic nitrogens is 1. The maximum Gasteiger partial charge on any atom is 0.347 e. The topological polar surface area (TPSA) is 66.9 Å². The standard InChI is InChI=1S/C12H14Br2INO5/c1-18-6-20-10-8(5-9(15)16-11(10)14)21-7(3-4-13)12(17)19-2/h5,7H,3-4,6H2,1-2H3. The first-order chi connectivity index (χ1) is 10.0. The average molecular weight is 539 g/mol. The number of alkyl halides is 1. The second kappa shape index (κ2) is 9.80. The maximum absolute atomic E-state index is 11.7. The molecule has 0 spiro atoms. The average Bonchev–Trinajstić information content (AvgIpc) is 2.45. The van der Waals surface area contributed by atoms with Crippen molar-refractivity contribution in [2.75, 3.05) is 26.3 Å². The molecule has 1 rings (SSSR count). The van der Waals surface area contributed by atoms with E-state index in [2.05, 4.69) is 36.8 Å². The lowest BCUT2D eigenvalue weighted by Crippen LogP contribution is -2.29. The highest BCUT2D eigenvalue weighted by Gasteiger charge is 2.24. The molecule has 0 saturated carbocycles. The predicted octanol–water partition coefficient (Wildman–Crippen LogP) is 3.14. The smallest absolute Gasteiger partial charge is 0.347 e. The zero-order valence-corrected chi connectivity index (χ0v) is 16.7. The van der Waals surface area contributed by atoms with E-state index in [9.17, 15) is 4.79 Å². The summed E-state index contributed by atoms with van der Waals surface area (Å²) >= 11 is 8.64. The first kappa shape index (κ1) is 18.9. The molecule has 0 aliphatic heterocycles. The lowest BCUT2D eigenvalue weighted by atomic mass is 10.3. The van der Waals surface area contributed by atoms with Crippen molar-refractivity contribution in [1.82, 2.24) is 4.98 Å². The molecule has 1 heterocycles. The number of methoxy groups -OCH3 is 2. The van der Waals surface area contributed by atoms with Gasteiger partial charge in [-0.25, -0.2) is 9.78 Å². The van der Waals surface area contributed by atoms with Gasteiger partial charge in [0.05, 0.1) is 7.11 Å². The summed E-state index contributed by atoms with van der Waals surface area (Å²) in [7, 11) is 2.83. The van der Waals surface area contributed by atoms with E-state index in [0.29, 0.717) is 31.6 Å². The number of ether oxygens (including phenoxy) is 4. The molecule has 1 aromatic rings. The molecule has 9 heteroatoms. The normalized spacial score (nSPS) is 11.9. The third kappa shape index (κ3) is 5.87. The molecular weight excluding hydrogens is 525 g/mol. The number of pyridine rings is 1. The van der Waals surface area contributed by atoms with Crippen molar-refractivity contribution >= 4 is 60.4 Å². The van der Waals surface area contributed by atoms with Crippen molar-refractivity contribution in [3.63, 3.8) is 0 Å². The van der Waals surface area contributed by atoms with Crippen LogP contribution in [0.3, 0.4) is 0 Å². The van der Waals surface area contributed by atoms with E-state index in [-0.39, 0.29) is 6.79 Å². The summed E-state index contributed by atoms with van der Waals surface area (Å²) in [5.74, 6) is 0.325. The minimum Gasteiger partial charge on any atom is -0.475 e. The van der Waals surface area contributed by atoms with Crippen molar-refractivity contribution < 1.29 is 23.7 Å². The van der Waals surface area contributed by atoms with Crippen molar-refractivity contribution in [2.24, 2.45) is 0 Å². The SMILES string of the molecule is COCOc1c(OC(CCBr)C(=O)OC)cc(I)nc1Br. The van der Waals surface area contributed by atoms with E-state index in [1.54, 1.807) is 6.07 Å². The summed E-state index contributed by atoms with van der Waals surface area (Å²) in [4.78, 5) is 16.0. The number of halogens is 3. The molecule has 1 atom stereocenters. The number of hydrogen-bond donors (Lipinski definition) is 0. The fraction of sp³-hybridized carbons (Fsp3) is 0.500. The van der Waals surface area contributed by atoms with Crippen LogP contribution in [0, 0.1) is 3.70 Å². The highest BCUT2D eigenvalue weighted by atomic mass is 127. The zero-order valence-electron chi connectivity index (χ0n) is 11.4. The Bertz CT molecular complexity index is 489.